The van der Waals surface area contributed by atoms with E-state index in [1.807, 2.05) is 6.26 Å². The molecule has 1 heterocycles. The SMILES string of the molecule is COc1cc2nc(SC)[nH]c(=O)c2cc1OC. The van der Waals surface area contributed by atoms with E-state index in [2.05, 4.69) is 9.97 Å². The van der Waals surface area contributed by atoms with Crippen molar-refractivity contribution in [1.82, 2.24) is 9.97 Å². The van der Waals surface area contributed by atoms with Crippen molar-refractivity contribution in [2.75, 3.05) is 20.5 Å². The molecule has 2 aromatic rings. The third-order valence-corrected chi connectivity index (χ3v) is 2.96. The minimum atomic E-state index is -0.180. The first kappa shape index (κ1) is 11.8. The molecule has 17 heavy (non-hydrogen) atoms. The molecule has 1 aromatic carbocycles. The van der Waals surface area contributed by atoms with Gasteiger partial charge < -0.3 is 14.5 Å². The monoisotopic (exact) mass is 252 g/mol. The highest BCUT2D eigenvalue weighted by Crippen LogP contribution is 2.30. The Morgan fingerprint density at radius 2 is 1.88 bits per heavy atom. The summed E-state index contributed by atoms with van der Waals surface area (Å²) in [5.74, 6) is 1.08. The molecule has 2 rings (SSSR count). The number of nitrogens with zero attached hydrogens (tertiary/aromatic N) is 1. The Bertz CT molecular complexity index is 609. The number of nitrogens with one attached hydrogen (secondary N) is 1. The standard InChI is InChI=1S/C11H12N2O3S/c1-15-8-4-6-7(5-9(8)16-2)12-11(17-3)13-10(6)14/h4-5H,1-3H3,(H,12,13,14). The van der Waals surface area contributed by atoms with Crippen molar-refractivity contribution in [3.63, 3.8) is 0 Å². The molecule has 0 amide bonds. The van der Waals surface area contributed by atoms with Crippen LogP contribution < -0.4 is 15.0 Å². The van der Waals surface area contributed by atoms with Gasteiger partial charge in [0.1, 0.15) is 0 Å². The number of rotatable bonds is 3. The van der Waals surface area contributed by atoms with Crippen molar-refractivity contribution in [2.45, 2.75) is 5.16 Å². The highest BCUT2D eigenvalue weighted by Gasteiger charge is 2.10. The molecule has 0 fully saturated rings. The Labute approximate surface area is 102 Å². The van der Waals surface area contributed by atoms with Gasteiger partial charge in [0.15, 0.2) is 16.7 Å². The van der Waals surface area contributed by atoms with E-state index in [0.29, 0.717) is 27.6 Å². The number of hydrogen-bond donors (Lipinski definition) is 1. The van der Waals surface area contributed by atoms with E-state index in [9.17, 15) is 4.79 Å². The topological polar surface area (TPSA) is 64.2 Å². The lowest BCUT2D eigenvalue weighted by Crippen LogP contribution is -2.09. The molecule has 6 heteroatoms. The van der Waals surface area contributed by atoms with Crippen LogP contribution in [0.4, 0.5) is 0 Å². The molecule has 1 aromatic heterocycles. The van der Waals surface area contributed by atoms with Crippen LogP contribution in [0.1, 0.15) is 0 Å². The zero-order valence-electron chi connectivity index (χ0n) is 9.73. The molecule has 1 N–H and O–H groups in total. The van der Waals surface area contributed by atoms with Gasteiger partial charge in [0.2, 0.25) is 0 Å². The summed E-state index contributed by atoms with van der Waals surface area (Å²) >= 11 is 1.38. The second-order valence-corrected chi connectivity index (χ2v) is 4.09. The molecule has 0 saturated heterocycles. The largest absolute Gasteiger partial charge is 0.493 e. The van der Waals surface area contributed by atoms with Crippen LogP contribution in [0.25, 0.3) is 10.9 Å². The minimum absolute atomic E-state index is 0.180. The summed E-state index contributed by atoms with van der Waals surface area (Å²) in [6.45, 7) is 0. The maximum Gasteiger partial charge on any atom is 0.259 e. The van der Waals surface area contributed by atoms with Crippen LogP contribution in [0.5, 0.6) is 11.5 Å². The molecule has 5 nitrogen and oxygen atoms in total. The third kappa shape index (κ3) is 2.08. The molecular weight excluding hydrogens is 240 g/mol. The van der Waals surface area contributed by atoms with E-state index >= 15 is 0 Å². The number of fused-ring (bicyclic) bond motifs is 1. The van der Waals surface area contributed by atoms with Crippen LogP contribution in [0, 0.1) is 0 Å². The van der Waals surface area contributed by atoms with Crippen LogP contribution in [0.15, 0.2) is 22.1 Å². The molecular formula is C11H12N2O3S. The fourth-order valence-electron chi connectivity index (χ4n) is 1.54. The molecule has 0 spiro atoms. The second-order valence-electron chi connectivity index (χ2n) is 3.30. The first-order valence-electron chi connectivity index (χ1n) is 4.89. The lowest BCUT2D eigenvalue weighted by Gasteiger charge is -2.08. The number of ether oxygens (including phenoxy) is 2. The summed E-state index contributed by atoms with van der Waals surface area (Å²) in [6.07, 6.45) is 1.85. The maximum absolute atomic E-state index is 11.8. The van der Waals surface area contributed by atoms with Crippen LogP contribution in [0.3, 0.4) is 0 Å². The maximum atomic E-state index is 11.8. The number of aromatic amines is 1. The van der Waals surface area contributed by atoms with E-state index in [1.54, 1.807) is 19.2 Å². The normalized spacial score (nSPS) is 10.5. The number of thioether (sulfide) groups is 1. The molecule has 90 valence electrons. The second kappa shape index (κ2) is 4.67. The molecule has 0 atom stereocenters. The van der Waals surface area contributed by atoms with Crippen molar-refractivity contribution in [3.05, 3.63) is 22.5 Å². The molecule has 0 unspecified atom stereocenters. The summed E-state index contributed by atoms with van der Waals surface area (Å²) in [5.41, 5.74) is 0.413. The molecule has 0 aliphatic rings. The number of aromatic nitrogens is 2. The van der Waals surface area contributed by atoms with Crippen molar-refractivity contribution in [2.24, 2.45) is 0 Å². The Morgan fingerprint density at radius 3 is 2.47 bits per heavy atom. The van der Waals surface area contributed by atoms with Gasteiger partial charge in [0.05, 0.1) is 25.1 Å². The van der Waals surface area contributed by atoms with Crippen molar-refractivity contribution in [3.8, 4) is 11.5 Å². The van der Waals surface area contributed by atoms with Crippen LogP contribution in [-0.4, -0.2) is 30.4 Å². The fraction of sp³-hybridized carbons (Fsp3) is 0.273. The summed E-state index contributed by atoms with van der Waals surface area (Å²) in [7, 11) is 3.08. The van der Waals surface area contributed by atoms with Gasteiger partial charge in [-0.2, -0.15) is 0 Å². The zero-order valence-corrected chi connectivity index (χ0v) is 10.6. The lowest BCUT2D eigenvalue weighted by atomic mass is 10.2. The van der Waals surface area contributed by atoms with Gasteiger partial charge >= 0.3 is 0 Å². The average Bonchev–Trinajstić information content (AvgIpc) is 2.36. The van der Waals surface area contributed by atoms with Crippen LogP contribution in [0.2, 0.25) is 0 Å². The predicted octanol–water partition coefficient (Wildman–Crippen LogP) is 1.66. The number of methoxy groups -OCH3 is 2. The lowest BCUT2D eigenvalue weighted by molar-refractivity contribution is 0.355. The average molecular weight is 252 g/mol. The first-order chi connectivity index (χ1) is 8.19. The summed E-state index contributed by atoms with van der Waals surface area (Å²) in [5, 5.41) is 1.06. The molecule has 0 aliphatic carbocycles. The van der Waals surface area contributed by atoms with Crippen molar-refractivity contribution < 1.29 is 9.47 Å². The van der Waals surface area contributed by atoms with Gasteiger partial charge in [0, 0.05) is 6.07 Å². The van der Waals surface area contributed by atoms with Gasteiger partial charge in [0.25, 0.3) is 5.56 Å². The van der Waals surface area contributed by atoms with Gasteiger partial charge in [-0.05, 0) is 12.3 Å². The quantitative estimate of drug-likeness (QED) is 0.665. The predicted molar refractivity (Wildman–Crippen MR) is 67.2 cm³/mol. The van der Waals surface area contributed by atoms with E-state index < -0.39 is 0 Å². The summed E-state index contributed by atoms with van der Waals surface area (Å²) in [4.78, 5) is 18.8. The smallest absolute Gasteiger partial charge is 0.259 e. The Balaban J connectivity index is 2.78. The van der Waals surface area contributed by atoms with Crippen molar-refractivity contribution in [1.29, 1.82) is 0 Å². The van der Waals surface area contributed by atoms with Crippen molar-refractivity contribution >= 4 is 22.7 Å². The number of benzene rings is 1. The zero-order chi connectivity index (χ0) is 12.4. The molecule has 0 bridgehead atoms. The summed E-state index contributed by atoms with van der Waals surface area (Å²) in [6, 6.07) is 3.33. The van der Waals surface area contributed by atoms with Gasteiger partial charge in [-0.1, -0.05) is 11.8 Å². The molecule has 0 radical (unpaired) electrons. The van der Waals surface area contributed by atoms with Crippen LogP contribution >= 0.6 is 11.8 Å². The Kier molecular flexibility index (Phi) is 3.23. The highest BCUT2D eigenvalue weighted by atomic mass is 32.2. The van der Waals surface area contributed by atoms with E-state index in [0.717, 1.165) is 0 Å². The number of H-pyrrole nitrogens is 1. The van der Waals surface area contributed by atoms with Gasteiger partial charge in [-0.25, -0.2) is 4.98 Å². The third-order valence-electron chi connectivity index (χ3n) is 2.38. The number of hydrogen-bond acceptors (Lipinski definition) is 5. The Hall–Kier alpha value is -1.69. The van der Waals surface area contributed by atoms with Crippen LogP contribution in [-0.2, 0) is 0 Å². The van der Waals surface area contributed by atoms with E-state index in [4.69, 9.17) is 9.47 Å². The van der Waals surface area contributed by atoms with Gasteiger partial charge in [-0.3, -0.25) is 4.79 Å². The Morgan fingerprint density at radius 1 is 1.24 bits per heavy atom. The fourth-order valence-corrected chi connectivity index (χ4v) is 1.93. The van der Waals surface area contributed by atoms with E-state index in [1.165, 1.54) is 18.9 Å². The highest BCUT2D eigenvalue weighted by molar-refractivity contribution is 7.98. The first-order valence-corrected chi connectivity index (χ1v) is 6.12. The molecule has 0 aliphatic heterocycles. The molecule has 0 saturated carbocycles. The van der Waals surface area contributed by atoms with Gasteiger partial charge in [-0.15, -0.1) is 0 Å². The minimum Gasteiger partial charge on any atom is -0.493 e. The summed E-state index contributed by atoms with van der Waals surface area (Å²) < 4.78 is 10.3. The van der Waals surface area contributed by atoms with E-state index in [-0.39, 0.29) is 5.56 Å².